The van der Waals surface area contributed by atoms with Gasteiger partial charge in [-0.25, -0.2) is 4.39 Å². The number of carbonyl (C=O) groups is 2. The van der Waals surface area contributed by atoms with Crippen molar-refractivity contribution in [1.29, 1.82) is 0 Å². The first-order chi connectivity index (χ1) is 13.5. The predicted molar refractivity (Wildman–Crippen MR) is 105 cm³/mol. The molecule has 0 saturated heterocycles. The van der Waals surface area contributed by atoms with Crippen LogP contribution >= 0.6 is 0 Å². The second-order valence-corrected chi connectivity index (χ2v) is 6.75. The van der Waals surface area contributed by atoms with Gasteiger partial charge in [-0.3, -0.25) is 9.59 Å². The van der Waals surface area contributed by atoms with Crippen LogP contribution in [0.1, 0.15) is 43.0 Å². The van der Waals surface area contributed by atoms with E-state index in [-0.39, 0.29) is 30.3 Å². The summed E-state index contributed by atoms with van der Waals surface area (Å²) in [5.41, 5.74) is 2.93. The van der Waals surface area contributed by atoms with Crippen LogP contribution in [0.2, 0.25) is 0 Å². The number of likely N-dealkylation sites (N-methyl/N-ethyl adjacent to an activating group) is 1. The molecule has 1 N–H and O–H groups in total. The van der Waals surface area contributed by atoms with Crippen LogP contribution in [0, 0.1) is 5.82 Å². The summed E-state index contributed by atoms with van der Waals surface area (Å²) < 4.78 is 19.1. The van der Waals surface area contributed by atoms with Crippen molar-refractivity contribution in [3.05, 3.63) is 65.0 Å². The van der Waals surface area contributed by atoms with E-state index in [4.69, 9.17) is 4.74 Å². The van der Waals surface area contributed by atoms with Gasteiger partial charge in [-0.1, -0.05) is 25.1 Å². The fourth-order valence-corrected chi connectivity index (χ4v) is 3.56. The Balaban J connectivity index is 1.95. The quantitative estimate of drug-likeness (QED) is 0.832. The van der Waals surface area contributed by atoms with Gasteiger partial charge >= 0.3 is 0 Å². The van der Waals surface area contributed by atoms with E-state index in [9.17, 15) is 14.0 Å². The maximum Gasteiger partial charge on any atom is 0.257 e. The van der Waals surface area contributed by atoms with Gasteiger partial charge in [0, 0.05) is 19.5 Å². The molecule has 0 aliphatic carbocycles. The van der Waals surface area contributed by atoms with Crippen LogP contribution in [0.4, 0.5) is 4.39 Å². The van der Waals surface area contributed by atoms with E-state index in [0.717, 1.165) is 23.1 Å². The van der Waals surface area contributed by atoms with Crippen LogP contribution in [-0.4, -0.2) is 36.4 Å². The summed E-state index contributed by atoms with van der Waals surface area (Å²) in [5.74, 6) is 0.127. The first-order valence-corrected chi connectivity index (χ1v) is 9.60. The van der Waals surface area contributed by atoms with Gasteiger partial charge < -0.3 is 15.0 Å². The Labute approximate surface area is 164 Å². The molecular weight excluding hydrogens is 359 g/mol. The molecule has 0 saturated carbocycles. The highest BCUT2D eigenvalue weighted by atomic mass is 19.1. The first kappa shape index (κ1) is 19.9. The number of carbonyl (C=O) groups excluding carboxylic acids is 2. The second-order valence-electron chi connectivity index (χ2n) is 6.75. The zero-order chi connectivity index (χ0) is 20.1. The van der Waals surface area contributed by atoms with Gasteiger partial charge in [0.1, 0.15) is 11.6 Å². The largest absolute Gasteiger partial charge is 0.484 e. The minimum Gasteiger partial charge on any atom is -0.484 e. The summed E-state index contributed by atoms with van der Waals surface area (Å²) >= 11 is 0. The zero-order valence-electron chi connectivity index (χ0n) is 16.2. The topological polar surface area (TPSA) is 58.6 Å². The molecule has 1 heterocycles. The van der Waals surface area contributed by atoms with Gasteiger partial charge in [-0.15, -0.1) is 0 Å². The number of halogens is 1. The number of rotatable bonds is 6. The van der Waals surface area contributed by atoms with Crippen molar-refractivity contribution in [2.24, 2.45) is 0 Å². The van der Waals surface area contributed by atoms with Gasteiger partial charge in [0.05, 0.1) is 6.04 Å². The highest BCUT2D eigenvalue weighted by molar-refractivity contribution is 5.78. The molecule has 0 aromatic heterocycles. The Kier molecular flexibility index (Phi) is 6.29. The summed E-state index contributed by atoms with van der Waals surface area (Å²) in [6.45, 7) is 4.79. The molecule has 3 rings (SSSR count). The van der Waals surface area contributed by atoms with Gasteiger partial charge in [0.25, 0.3) is 5.91 Å². The molecule has 28 heavy (non-hydrogen) atoms. The molecule has 1 unspecified atom stereocenters. The third kappa shape index (κ3) is 4.32. The molecule has 6 heteroatoms. The number of hydrogen-bond acceptors (Lipinski definition) is 3. The number of nitrogens with zero attached hydrogens (tertiary/aromatic N) is 1. The number of ether oxygens (including phenoxy) is 1. The molecule has 0 bridgehead atoms. The highest BCUT2D eigenvalue weighted by Gasteiger charge is 2.31. The molecule has 2 aromatic rings. The number of fused-ring (bicyclic) bond motifs is 1. The SMILES string of the molecule is CCNC(=O)COc1ccc2c(c1)C(c1ccc(F)cc1)N(C(=O)CC)CC2. The molecule has 2 aromatic carbocycles. The summed E-state index contributed by atoms with van der Waals surface area (Å²) in [7, 11) is 0. The molecule has 2 amide bonds. The number of hydrogen-bond donors (Lipinski definition) is 1. The number of benzene rings is 2. The first-order valence-electron chi connectivity index (χ1n) is 9.60. The van der Waals surface area contributed by atoms with E-state index in [1.807, 2.05) is 36.9 Å². The smallest absolute Gasteiger partial charge is 0.257 e. The van der Waals surface area contributed by atoms with Crippen molar-refractivity contribution >= 4 is 11.8 Å². The van der Waals surface area contributed by atoms with Crippen molar-refractivity contribution in [1.82, 2.24) is 10.2 Å². The molecule has 1 aliphatic rings. The average Bonchev–Trinajstić information content (AvgIpc) is 2.71. The number of amides is 2. The van der Waals surface area contributed by atoms with E-state index in [1.54, 1.807) is 12.1 Å². The van der Waals surface area contributed by atoms with Gasteiger partial charge in [-0.2, -0.15) is 0 Å². The Morgan fingerprint density at radius 1 is 1.18 bits per heavy atom. The van der Waals surface area contributed by atoms with Gasteiger partial charge in [0.15, 0.2) is 6.61 Å². The summed E-state index contributed by atoms with van der Waals surface area (Å²) in [6, 6.07) is 11.7. The van der Waals surface area contributed by atoms with Gasteiger partial charge in [0.2, 0.25) is 5.91 Å². The van der Waals surface area contributed by atoms with Crippen molar-refractivity contribution in [3.63, 3.8) is 0 Å². The third-order valence-corrected chi connectivity index (χ3v) is 4.90. The maximum absolute atomic E-state index is 13.4. The fourth-order valence-electron chi connectivity index (χ4n) is 3.56. The molecule has 0 radical (unpaired) electrons. The normalized spacial score (nSPS) is 15.7. The average molecular weight is 384 g/mol. The van der Waals surface area contributed by atoms with E-state index in [1.165, 1.54) is 12.1 Å². The van der Waals surface area contributed by atoms with Crippen LogP contribution < -0.4 is 10.1 Å². The van der Waals surface area contributed by atoms with Crippen LogP contribution in [0.15, 0.2) is 42.5 Å². The van der Waals surface area contributed by atoms with Crippen molar-refractivity contribution in [2.45, 2.75) is 32.7 Å². The lowest BCUT2D eigenvalue weighted by Crippen LogP contribution is -2.40. The van der Waals surface area contributed by atoms with E-state index in [2.05, 4.69) is 5.32 Å². The highest BCUT2D eigenvalue weighted by Crippen LogP contribution is 2.37. The van der Waals surface area contributed by atoms with Crippen molar-refractivity contribution < 1.29 is 18.7 Å². The minimum atomic E-state index is -0.313. The molecule has 0 fully saturated rings. The lowest BCUT2D eigenvalue weighted by molar-refractivity contribution is -0.133. The van der Waals surface area contributed by atoms with Crippen molar-refractivity contribution in [2.75, 3.05) is 19.7 Å². The lowest BCUT2D eigenvalue weighted by Gasteiger charge is -2.38. The maximum atomic E-state index is 13.4. The monoisotopic (exact) mass is 384 g/mol. The van der Waals surface area contributed by atoms with Crippen LogP contribution in [-0.2, 0) is 16.0 Å². The Morgan fingerprint density at radius 3 is 2.61 bits per heavy atom. The van der Waals surface area contributed by atoms with Crippen LogP contribution in [0.3, 0.4) is 0 Å². The van der Waals surface area contributed by atoms with Crippen LogP contribution in [0.25, 0.3) is 0 Å². The van der Waals surface area contributed by atoms with Crippen molar-refractivity contribution in [3.8, 4) is 5.75 Å². The molecule has 1 aliphatic heterocycles. The van der Waals surface area contributed by atoms with Gasteiger partial charge in [-0.05, 0) is 54.3 Å². The number of nitrogens with one attached hydrogen (secondary N) is 1. The Hall–Kier alpha value is -2.89. The molecule has 5 nitrogen and oxygen atoms in total. The summed E-state index contributed by atoms with van der Waals surface area (Å²) in [5, 5.41) is 2.70. The molecular formula is C22H25FN2O3. The minimum absolute atomic E-state index is 0.0496. The fraction of sp³-hybridized carbons (Fsp3) is 0.364. The summed E-state index contributed by atoms with van der Waals surface area (Å²) in [4.78, 5) is 26.1. The molecule has 148 valence electrons. The lowest BCUT2D eigenvalue weighted by atomic mass is 9.87. The zero-order valence-corrected chi connectivity index (χ0v) is 16.2. The Bertz CT molecular complexity index is 851. The Morgan fingerprint density at radius 2 is 1.93 bits per heavy atom. The van der Waals surface area contributed by atoms with E-state index in [0.29, 0.717) is 25.3 Å². The summed E-state index contributed by atoms with van der Waals surface area (Å²) in [6.07, 6.45) is 1.15. The molecule has 0 spiro atoms. The van der Waals surface area contributed by atoms with E-state index < -0.39 is 0 Å². The molecule has 1 atom stereocenters. The van der Waals surface area contributed by atoms with Crippen LogP contribution in [0.5, 0.6) is 5.75 Å². The standard InChI is InChI=1S/C22H25FN2O3/c1-3-21(27)25-12-11-15-7-10-18(28-14-20(26)24-4-2)13-19(15)22(25)16-5-8-17(23)9-6-16/h5-10,13,22H,3-4,11-12,14H2,1-2H3,(H,24,26). The second kappa shape index (κ2) is 8.87. The third-order valence-electron chi connectivity index (χ3n) is 4.90. The van der Waals surface area contributed by atoms with E-state index >= 15 is 0 Å². The predicted octanol–water partition coefficient (Wildman–Crippen LogP) is 3.22.